The number of likely N-dealkylation sites (tertiary alicyclic amines) is 1. The van der Waals surface area contributed by atoms with Gasteiger partial charge >= 0.3 is 6.09 Å². The van der Waals surface area contributed by atoms with Gasteiger partial charge in [0.15, 0.2) is 0 Å². The van der Waals surface area contributed by atoms with Crippen LogP contribution in [0.25, 0.3) is 10.9 Å². The van der Waals surface area contributed by atoms with E-state index < -0.39 is 5.60 Å². The van der Waals surface area contributed by atoms with Gasteiger partial charge in [-0.25, -0.2) is 4.79 Å². The first kappa shape index (κ1) is 20.2. The van der Waals surface area contributed by atoms with Crippen LogP contribution in [-0.2, 0) is 11.2 Å². The van der Waals surface area contributed by atoms with Crippen LogP contribution in [0.5, 0.6) is 5.75 Å². The van der Waals surface area contributed by atoms with Crippen molar-refractivity contribution >= 4 is 34.1 Å². The van der Waals surface area contributed by atoms with E-state index in [1.165, 1.54) is 10.9 Å². The zero-order chi connectivity index (χ0) is 20.8. The number of ether oxygens (including phenoxy) is 2. The summed E-state index contributed by atoms with van der Waals surface area (Å²) in [6.07, 6.45) is 3.95. The van der Waals surface area contributed by atoms with Crippen LogP contribution in [0.15, 0.2) is 18.2 Å². The van der Waals surface area contributed by atoms with E-state index in [-0.39, 0.29) is 6.09 Å². The highest BCUT2D eigenvalue weighted by Gasteiger charge is 2.34. The molecule has 1 atom stereocenters. The topological polar surface area (TPSA) is 54.6 Å². The Labute approximate surface area is 177 Å². The van der Waals surface area contributed by atoms with E-state index in [9.17, 15) is 4.79 Å². The van der Waals surface area contributed by atoms with Gasteiger partial charge in [0.25, 0.3) is 0 Å². The minimum Gasteiger partial charge on any atom is -0.497 e. The van der Waals surface area contributed by atoms with Crippen LogP contribution in [0.3, 0.4) is 0 Å². The first-order valence-corrected chi connectivity index (χ1v) is 10.9. The lowest BCUT2D eigenvalue weighted by Crippen LogP contribution is -2.42. The van der Waals surface area contributed by atoms with Gasteiger partial charge in [-0.05, 0) is 70.1 Å². The Balaban J connectivity index is 1.36. The van der Waals surface area contributed by atoms with E-state index in [1.807, 2.05) is 37.8 Å². The highest BCUT2D eigenvalue weighted by molar-refractivity contribution is 7.80. The number of hydrogen-bond acceptors (Lipinski definition) is 4. The molecule has 1 aromatic heterocycles. The molecule has 2 aromatic rings. The average Bonchev–Trinajstić information content (AvgIpc) is 3.17. The lowest BCUT2D eigenvalue weighted by Gasteiger charge is -2.34. The molecule has 2 heterocycles. The van der Waals surface area contributed by atoms with E-state index in [2.05, 4.69) is 11.1 Å². The summed E-state index contributed by atoms with van der Waals surface area (Å²) < 4.78 is 10.8. The molecule has 1 amide bonds. The number of aromatic amines is 1. The minimum absolute atomic E-state index is 0.191. The molecule has 1 N–H and O–H groups in total. The Bertz CT molecular complexity index is 935. The first-order valence-electron chi connectivity index (χ1n) is 10.5. The van der Waals surface area contributed by atoms with Gasteiger partial charge in [-0.3, -0.25) is 0 Å². The molecule has 1 aliphatic carbocycles. The van der Waals surface area contributed by atoms with Crippen molar-refractivity contribution in [3.05, 3.63) is 29.5 Å². The molecule has 0 saturated carbocycles. The summed E-state index contributed by atoms with van der Waals surface area (Å²) in [5.41, 5.74) is 3.15. The van der Waals surface area contributed by atoms with Gasteiger partial charge in [-0.1, -0.05) is 12.2 Å². The maximum atomic E-state index is 12.3. The number of H-pyrrole nitrogens is 1. The quantitative estimate of drug-likeness (QED) is 0.710. The monoisotopic (exact) mass is 414 g/mol. The van der Waals surface area contributed by atoms with E-state index in [0.29, 0.717) is 11.8 Å². The second-order valence-corrected chi connectivity index (χ2v) is 9.74. The van der Waals surface area contributed by atoms with Gasteiger partial charge in [0.05, 0.1) is 12.8 Å². The number of piperidine rings is 1. The van der Waals surface area contributed by atoms with Crippen LogP contribution in [-0.4, -0.2) is 46.6 Å². The summed E-state index contributed by atoms with van der Waals surface area (Å²) in [6.45, 7) is 7.27. The molecule has 6 heteroatoms. The lowest BCUT2D eigenvalue weighted by atomic mass is 9.86. The molecule has 1 aliphatic heterocycles. The molecular formula is C23H30N2O3S. The van der Waals surface area contributed by atoms with Crippen molar-refractivity contribution in [2.45, 2.75) is 52.1 Å². The molecule has 0 radical (unpaired) electrons. The Kier molecular flexibility index (Phi) is 5.32. The molecule has 5 nitrogen and oxygen atoms in total. The van der Waals surface area contributed by atoms with Gasteiger partial charge in [-0.15, -0.1) is 0 Å². The van der Waals surface area contributed by atoms with Crippen LogP contribution >= 0.6 is 12.2 Å². The maximum Gasteiger partial charge on any atom is 0.410 e. The fourth-order valence-electron chi connectivity index (χ4n) is 4.60. The minimum atomic E-state index is -0.441. The summed E-state index contributed by atoms with van der Waals surface area (Å²) in [5.74, 6) is 1.87. The van der Waals surface area contributed by atoms with Gasteiger partial charge in [0.2, 0.25) is 0 Å². The summed E-state index contributed by atoms with van der Waals surface area (Å²) in [7, 11) is 1.69. The number of aromatic nitrogens is 1. The largest absolute Gasteiger partial charge is 0.497 e. The number of amides is 1. The molecule has 1 aromatic carbocycles. The molecule has 0 spiro atoms. The van der Waals surface area contributed by atoms with E-state index in [0.717, 1.165) is 60.6 Å². The van der Waals surface area contributed by atoms with Crippen molar-refractivity contribution in [1.29, 1.82) is 0 Å². The van der Waals surface area contributed by atoms with E-state index in [1.54, 1.807) is 7.11 Å². The van der Waals surface area contributed by atoms with Crippen LogP contribution in [0.4, 0.5) is 4.79 Å². The SMILES string of the molecule is COc1ccc2c3c([nH]c2c1)C(=S)C(CC1CCN(C(=O)OC(C)(C)C)CC1)C3. The van der Waals surface area contributed by atoms with Gasteiger partial charge in [-0.2, -0.15) is 0 Å². The highest BCUT2D eigenvalue weighted by Crippen LogP contribution is 2.39. The summed E-state index contributed by atoms with van der Waals surface area (Å²) in [5, 5.41) is 1.25. The number of nitrogens with zero attached hydrogens (tertiary/aromatic N) is 1. The number of fused-ring (bicyclic) bond motifs is 3. The van der Waals surface area contributed by atoms with Crippen molar-refractivity contribution in [1.82, 2.24) is 9.88 Å². The standard InChI is InChI=1S/C23H30N2O3S/c1-23(2,3)28-22(26)25-9-7-14(8-10-25)11-15-12-18-17-6-5-16(27-4)13-19(17)24-20(18)21(15)29/h5-6,13-15,24H,7-12H2,1-4H3. The number of carbonyl (C=O) groups is 1. The summed E-state index contributed by atoms with van der Waals surface area (Å²) in [4.78, 5) is 18.7. The summed E-state index contributed by atoms with van der Waals surface area (Å²) >= 11 is 5.84. The molecule has 1 unspecified atom stereocenters. The third kappa shape index (κ3) is 4.13. The fraction of sp³-hybridized carbons (Fsp3) is 0.565. The number of benzene rings is 1. The molecule has 1 fully saturated rings. The maximum absolute atomic E-state index is 12.3. The molecule has 4 rings (SSSR count). The Morgan fingerprint density at radius 3 is 2.66 bits per heavy atom. The average molecular weight is 415 g/mol. The van der Waals surface area contributed by atoms with Gasteiger partial charge in [0.1, 0.15) is 11.4 Å². The van der Waals surface area contributed by atoms with Crippen LogP contribution in [0, 0.1) is 11.8 Å². The molecule has 156 valence electrons. The van der Waals surface area contributed by atoms with Crippen molar-refractivity contribution in [3.8, 4) is 5.75 Å². The Hall–Kier alpha value is -2.08. The van der Waals surface area contributed by atoms with Gasteiger partial charge < -0.3 is 19.4 Å². The normalized spacial score (nSPS) is 20.2. The van der Waals surface area contributed by atoms with E-state index >= 15 is 0 Å². The number of thiocarbonyl (C=S) groups is 1. The lowest BCUT2D eigenvalue weighted by molar-refractivity contribution is 0.0178. The molecule has 2 aliphatic rings. The number of carbonyl (C=O) groups excluding carboxylic acids is 1. The Morgan fingerprint density at radius 2 is 2.00 bits per heavy atom. The molecular weight excluding hydrogens is 384 g/mol. The van der Waals surface area contributed by atoms with Crippen molar-refractivity contribution in [3.63, 3.8) is 0 Å². The number of methoxy groups -OCH3 is 1. The predicted molar refractivity (Wildman–Crippen MR) is 119 cm³/mol. The smallest absolute Gasteiger partial charge is 0.410 e. The van der Waals surface area contributed by atoms with Crippen molar-refractivity contribution in [2.24, 2.45) is 11.8 Å². The zero-order valence-electron chi connectivity index (χ0n) is 17.7. The Morgan fingerprint density at radius 1 is 1.28 bits per heavy atom. The van der Waals surface area contributed by atoms with Crippen LogP contribution in [0.1, 0.15) is 51.3 Å². The second kappa shape index (κ2) is 7.63. The zero-order valence-corrected chi connectivity index (χ0v) is 18.5. The third-order valence-electron chi connectivity index (χ3n) is 6.07. The van der Waals surface area contributed by atoms with Crippen molar-refractivity contribution < 1.29 is 14.3 Å². The number of nitrogens with one attached hydrogen (secondary N) is 1. The summed E-state index contributed by atoms with van der Waals surface area (Å²) in [6, 6.07) is 6.19. The number of hydrogen-bond donors (Lipinski definition) is 1. The third-order valence-corrected chi connectivity index (χ3v) is 6.60. The first-order chi connectivity index (χ1) is 13.7. The predicted octanol–water partition coefficient (Wildman–Crippen LogP) is 5.10. The molecule has 29 heavy (non-hydrogen) atoms. The highest BCUT2D eigenvalue weighted by atomic mass is 32.1. The van der Waals surface area contributed by atoms with E-state index in [4.69, 9.17) is 21.7 Å². The number of rotatable bonds is 3. The molecule has 1 saturated heterocycles. The van der Waals surface area contributed by atoms with Crippen LogP contribution in [0.2, 0.25) is 0 Å². The fourth-order valence-corrected chi connectivity index (χ4v) is 4.95. The molecule has 0 bridgehead atoms. The van der Waals surface area contributed by atoms with Crippen LogP contribution < -0.4 is 4.74 Å². The van der Waals surface area contributed by atoms with Crippen molar-refractivity contribution in [2.75, 3.05) is 20.2 Å². The van der Waals surface area contributed by atoms with Gasteiger partial charge in [0, 0.05) is 40.8 Å². The second-order valence-electron chi connectivity index (χ2n) is 9.30.